The fraction of sp³-hybridized carbons (Fsp3) is 0.379. The van der Waals surface area contributed by atoms with E-state index >= 15 is 0 Å². The van der Waals surface area contributed by atoms with Crippen molar-refractivity contribution in [3.8, 4) is 11.1 Å². The molecule has 0 aliphatic carbocycles. The van der Waals surface area contributed by atoms with Gasteiger partial charge in [-0.1, -0.05) is 59.6 Å². The van der Waals surface area contributed by atoms with Crippen LogP contribution in [0.4, 0.5) is 0 Å². The number of nitrogens with zero attached hydrogens (tertiary/aromatic N) is 4. The number of fused-ring (bicyclic) bond motifs is 1. The average Bonchev–Trinajstić information content (AvgIpc) is 3.12. The lowest BCUT2D eigenvalue weighted by Gasteiger charge is -2.38. The van der Waals surface area contributed by atoms with Crippen LogP contribution in [0.3, 0.4) is 0 Å². The van der Waals surface area contributed by atoms with Crippen LogP contribution in [0.15, 0.2) is 58.3 Å². The molecular formula is C29H31Cl2N5O4. The summed E-state index contributed by atoms with van der Waals surface area (Å²) in [5.41, 5.74) is 7.34. The fourth-order valence-electron chi connectivity index (χ4n) is 5.65. The molecule has 1 aromatic heterocycles. The predicted molar refractivity (Wildman–Crippen MR) is 155 cm³/mol. The Hall–Kier alpha value is -3.40. The minimum Gasteiger partial charge on any atom is -0.341 e. The molecule has 5 rings (SSSR count). The number of carbonyl (C=O) groups excluding carboxylic acids is 2. The quantitative estimate of drug-likeness (QED) is 0.479. The summed E-state index contributed by atoms with van der Waals surface area (Å²) in [6, 6.07) is 13.0. The SMILES string of the molecule is NCCn1c(=O)c(-c2cccc(Cl)c2Cl)cn(CC(=O)N2CCC(N3CCc4ccccc4CC3=O)CC2)c1=O. The molecule has 9 nitrogen and oxygen atoms in total. The highest BCUT2D eigenvalue weighted by Gasteiger charge is 2.31. The van der Waals surface area contributed by atoms with E-state index in [1.165, 1.54) is 16.3 Å². The minimum atomic E-state index is -0.615. The van der Waals surface area contributed by atoms with Gasteiger partial charge in [0.25, 0.3) is 5.56 Å². The number of piperidine rings is 1. The Labute approximate surface area is 241 Å². The van der Waals surface area contributed by atoms with Crippen LogP contribution in [0.25, 0.3) is 11.1 Å². The van der Waals surface area contributed by atoms with E-state index in [1.54, 1.807) is 23.1 Å². The Morgan fingerprint density at radius 2 is 1.65 bits per heavy atom. The number of rotatable bonds is 6. The third-order valence-corrected chi connectivity index (χ3v) is 8.62. The van der Waals surface area contributed by atoms with Crippen LogP contribution in [0, 0.1) is 0 Å². The van der Waals surface area contributed by atoms with Crippen molar-refractivity contribution in [1.82, 2.24) is 18.9 Å². The van der Waals surface area contributed by atoms with E-state index in [9.17, 15) is 19.2 Å². The Kier molecular flexibility index (Phi) is 8.44. The first-order chi connectivity index (χ1) is 19.3. The number of aromatic nitrogens is 2. The molecule has 2 amide bonds. The number of benzene rings is 2. The molecule has 1 fully saturated rings. The van der Waals surface area contributed by atoms with Gasteiger partial charge in [0, 0.05) is 50.5 Å². The van der Waals surface area contributed by atoms with Crippen molar-refractivity contribution in [1.29, 1.82) is 0 Å². The van der Waals surface area contributed by atoms with E-state index in [1.807, 2.05) is 23.1 Å². The summed E-state index contributed by atoms with van der Waals surface area (Å²) in [7, 11) is 0. The van der Waals surface area contributed by atoms with Gasteiger partial charge in [0.05, 0.1) is 22.0 Å². The van der Waals surface area contributed by atoms with Gasteiger partial charge in [-0.3, -0.25) is 23.5 Å². The normalized spacial score (nSPS) is 16.1. The molecule has 3 aromatic rings. The molecule has 2 aliphatic heterocycles. The lowest BCUT2D eigenvalue weighted by Crippen LogP contribution is -2.50. The molecule has 40 heavy (non-hydrogen) atoms. The second kappa shape index (κ2) is 12.0. The summed E-state index contributed by atoms with van der Waals surface area (Å²) >= 11 is 12.5. The van der Waals surface area contributed by atoms with E-state index < -0.39 is 11.2 Å². The molecule has 3 heterocycles. The molecule has 2 aliphatic rings. The monoisotopic (exact) mass is 583 g/mol. The van der Waals surface area contributed by atoms with Crippen molar-refractivity contribution in [3.63, 3.8) is 0 Å². The second-order valence-corrected chi connectivity index (χ2v) is 11.0. The molecule has 0 atom stereocenters. The maximum absolute atomic E-state index is 13.3. The summed E-state index contributed by atoms with van der Waals surface area (Å²) in [6.45, 7) is 1.45. The van der Waals surface area contributed by atoms with Crippen molar-refractivity contribution < 1.29 is 9.59 Å². The Balaban J connectivity index is 1.31. The molecular weight excluding hydrogens is 553 g/mol. The Morgan fingerprint density at radius 3 is 2.38 bits per heavy atom. The zero-order valence-corrected chi connectivity index (χ0v) is 23.5. The highest BCUT2D eigenvalue weighted by molar-refractivity contribution is 6.43. The van der Waals surface area contributed by atoms with E-state index in [0.29, 0.717) is 44.5 Å². The van der Waals surface area contributed by atoms with Crippen molar-refractivity contribution in [2.24, 2.45) is 5.73 Å². The van der Waals surface area contributed by atoms with Crippen molar-refractivity contribution in [2.45, 2.75) is 44.8 Å². The highest BCUT2D eigenvalue weighted by Crippen LogP contribution is 2.31. The van der Waals surface area contributed by atoms with Gasteiger partial charge >= 0.3 is 5.69 Å². The Bertz CT molecular complexity index is 1560. The highest BCUT2D eigenvalue weighted by atomic mass is 35.5. The van der Waals surface area contributed by atoms with Crippen LogP contribution in [-0.2, 0) is 35.5 Å². The summed E-state index contributed by atoms with van der Waals surface area (Å²) in [5, 5.41) is 0.456. The number of hydrogen-bond acceptors (Lipinski definition) is 5. The number of hydrogen-bond donors (Lipinski definition) is 1. The lowest BCUT2D eigenvalue weighted by molar-refractivity contribution is -0.136. The smallest absolute Gasteiger partial charge is 0.331 e. The van der Waals surface area contributed by atoms with E-state index in [0.717, 1.165) is 16.6 Å². The maximum atomic E-state index is 13.3. The van der Waals surface area contributed by atoms with Gasteiger partial charge in [0.1, 0.15) is 6.54 Å². The van der Waals surface area contributed by atoms with E-state index in [2.05, 4.69) is 6.07 Å². The van der Waals surface area contributed by atoms with Crippen LogP contribution in [0.1, 0.15) is 24.0 Å². The number of likely N-dealkylation sites (tertiary alicyclic amines) is 1. The van der Waals surface area contributed by atoms with Crippen LogP contribution in [-0.4, -0.2) is 63.0 Å². The molecule has 11 heteroatoms. The number of carbonyl (C=O) groups is 2. The minimum absolute atomic E-state index is 0.00297. The summed E-state index contributed by atoms with van der Waals surface area (Å²) in [5.74, 6) is -0.119. The van der Waals surface area contributed by atoms with Gasteiger partial charge in [-0.2, -0.15) is 0 Å². The van der Waals surface area contributed by atoms with Crippen molar-refractivity contribution in [3.05, 3.63) is 90.7 Å². The average molecular weight is 585 g/mol. The van der Waals surface area contributed by atoms with Gasteiger partial charge in [-0.25, -0.2) is 4.79 Å². The van der Waals surface area contributed by atoms with Gasteiger partial charge < -0.3 is 15.5 Å². The lowest BCUT2D eigenvalue weighted by atomic mass is 10.0. The first-order valence-corrected chi connectivity index (χ1v) is 14.2. The first kappa shape index (κ1) is 28.1. The van der Waals surface area contributed by atoms with Gasteiger partial charge in [-0.15, -0.1) is 0 Å². The molecule has 0 spiro atoms. The third kappa shape index (κ3) is 5.59. The zero-order valence-electron chi connectivity index (χ0n) is 22.0. The van der Waals surface area contributed by atoms with E-state index in [4.69, 9.17) is 28.9 Å². The molecule has 0 saturated carbocycles. The topological polar surface area (TPSA) is 111 Å². The first-order valence-electron chi connectivity index (χ1n) is 13.4. The van der Waals surface area contributed by atoms with Crippen LogP contribution in [0.5, 0.6) is 0 Å². The summed E-state index contributed by atoms with van der Waals surface area (Å²) in [4.78, 5) is 56.3. The van der Waals surface area contributed by atoms with E-state index in [-0.39, 0.29) is 53.1 Å². The second-order valence-electron chi connectivity index (χ2n) is 10.2. The van der Waals surface area contributed by atoms with Crippen molar-refractivity contribution in [2.75, 3.05) is 26.2 Å². The standard InChI is InChI=1S/C29H31Cl2N5O4/c30-24-7-3-6-22(27(24)31)23-17-34(29(40)36(15-11-32)28(23)39)18-26(38)33-12-9-21(10-13-33)35-14-8-19-4-1-2-5-20(19)16-25(35)37/h1-7,17,21H,8-16,18,32H2. The Morgan fingerprint density at radius 1 is 0.925 bits per heavy atom. The molecule has 0 radical (unpaired) electrons. The maximum Gasteiger partial charge on any atom is 0.331 e. The predicted octanol–water partition coefficient (Wildman–Crippen LogP) is 2.56. The van der Waals surface area contributed by atoms with Crippen LogP contribution in [0.2, 0.25) is 10.0 Å². The van der Waals surface area contributed by atoms with Gasteiger partial charge in [0.15, 0.2) is 0 Å². The molecule has 1 saturated heterocycles. The third-order valence-electron chi connectivity index (χ3n) is 7.80. The summed E-state index contributed by atoms with van der Waals surface area (Å²) < 4.78 is 2.25. The molecule has 0 bridgehead atoms. The molecule has 2 aromatic carbocycles. The fourth-order valence-corrected chi connectivity index (χ4v) is 6.05. The molecule has 0 unspecified atom stereocenters. The molecule has 2 N–H and O–H groups in total. The van der Waals surface area contributed by atoms with Crippen molar-refractivity contribution >= 4 is 35.0 Å². The number of amides is 2. The number of nitrogens with two attached hydrogens (primary N) is 1. The molecule has 210 valence electrons. The van der Waals surface area contributed by atoms with Crippen LogP contribution >= 0.6 is 23.2 Å². The largest absolute Gasteiger partial charge is 0.341 e. The zero-order chi connectivity index (χ0) is 28.4. The van der Waals surface area contributed by atoms with Gasteiger partial charge in [-0.05, 0) is 36.5 Å². The summed E-state index contributed by atoms with van der Waals surface area (Å²) in [6.07, 6.45) is 3.92. The van der Waals surface area contributed by atoms with Gasteiger partial charge in [0.2, 0.25) is 11.8 Å². The van der Waals surface area contributed by atoms with Crippen LogP contribution < -0.4 is 17.0 Å². The number of halogens is 2.